The summed E-state index contributed by atoms with van der Waals surface area (Å²) in [5.74, 6) is -0.125. The molecule has 0 radical (unpaired) electrons. The third kappa shape index (κ3) is 2.76. The van der Waals surface area contributed by atoms with Gasteiger partial charge < -0.3 is 10.2 Å². The molecule has 1 aromatic carbocycles. The lowest BCUT2D eigenvalue weighted by Crippen LogP contribution is -2.14. The highest BCUT2D eigenvalue weighted by molar-refractivity contribution is 6.05. The summed E-state index contributed by atoms with van der Waals surface area (Å²) in [5.41, 5.74) is 3.30. The number of rotatable bonds is 3. The van der Waals surface area contributed by atoms with Crippen LogP contribution in [0.2, 0.25) is 0 Å². The van der Waals surface area contributed by atoms with E-state index in [1.165, 1.54) is 0 Å². The number of nitrogens with zero attached hydrogens (tertiary/aromatic N) is 3. The average molecular weight is 258 g/mol. The predicted octanol–water partition coefficient (Wildman–Crippen LogP) is 2.05. The van der Waals surface area contributed by atoms with Crippen molar-refractivity contribution in [3.63, 3.8) is 0 Å². The van der Waals surface area contributed by atoms with E-state index in [-0.39, 0.29) is 5.91 Å². The van der Waals surface area contributed by atoms with E-state index in [0.717, 1.165) is 17.1 Å². The SMILES string of the molecule is Cc1c(NC(=O)c2cccc(N(C)C)c2)cnn1C. The maximum absolute atomic E-state index is 12.2. The number of aromatic nitrogens is 2. The third-order valence-corrected chi connectivity index (χ3v) is 3.11. The molecule has 0 atom stereocenters. The number of carbonyl (C=O) groups excluding carboxylic acids is 1. The van der Waals surface area contributed by atoms with Crippen LogP contribution in [0.15, 0.2) is 30.5 Å². The summed E-state index contributed by atoms with van der Waals surface area (Å²) in [6, 6.07) is 7.50. The number of benzene rings is 1. The van der Waals surface area contributed by atoms with Crippen LogP contribution in [-0.2, 0) is 7.05 Å². The Hall–Kier alpha value is -2.30. The Balaban J connectivity index is 2.20. The van der Waals surface area contributed by atoms with Crippen molar-refractivity contribution in [2.75, 3.05) is 24.3 Å². The molecule has 0 bridgehead atoms. The van der Waals surface area contributed by atoms with E-state index >= 15 is 0 Å². The summed E-state index contributed by atoms with van der Waals surface area (Å²) in [6.45, 7) is 1.92. The number of hydrogen-bond acceptors (Lipinski definition) is 3. The number of carbonyl (C=O) groups is 1. The van der Waals surface area contributed by atoms with Crippen LogP contribution in [0.25, 0.3) is 0 Å². The Morgan fingerprint density at radius 1 is 1.37 bits per heavy atom. The summed E-state index contributed by atoms with van der Waals surface area (Å²) in [6.07, 6.45) is 1.66. The van der Waals surface area contributed by atoms with E-state index < -0.39 is 0 Å². The van der Waals surface area contributed by atoms with Gasteiger partial charge in [0.1, 0.15) is 0 Å². The molecule has 1 heterocycles. The van der Waals surface area contributed by atoms with Crippen molar-refractivity contribution in [1.82, 2.24) is 9.78 Å². The average Bonchev–Trinajstić information content (AvgIpc) is 2.71. The number of nitrogens with one attached hydrogen (secondary N) is 1. The first kappa shape index (κ1) is 13.1. The molecule has 0 aliphatic carbocycles. The van der Waals surface area contributed by atoms with Gasteiger partial charge in [-0.15, -0.1) is 0 Å². The molecule has 0 saturated carbocycles. The van der Waals surface area contributed by atoms with Crippen molar-refractivity contribution in [3.8, 4) is 0 Å². The van der Waals surface area contributed by atoms with Gasteiger partial charge in [0.15, 0.2) is 0 Å². The number of hydrogen-bond donors (Lipinski definition) is 1. The van der Waals surface area contributed by atoms with Gasteiger partial charge in [-0.3, -0.25) is 9.48 Å². The predicted molar refractivity (Wildman–Crippen MR) is 76.7 cm³/mol. The van der Waals surface area contributed by atoms with Gasteiger partial charge in [0.25, 0.3) is 5.91 Å². The van der Waals surface area contributed by atoms with E-state index in [9.17, 15) is 4.79 Å². The van der Waals surface area contributed by atoms with Crippen LogP contribution in [0.1, 0.15) is 16.1 Å². The first-order chi connectivity index (χ1) is 8.99. The zero-order valence-electron chi connectivity index (χ0n) is 11.6. The van der Waals surface area contributed by atoms with Gasteiger partial charge in [0, 0.05) is 32.4 Å². The first-order valence-corrected chi connectivity index (χ1v) is 6.06. The van der Waals surface area contributed by atoms with Crippen molar-refractivity contribution in [1.29, 1.82) is 0 Å². The summed E-state index contributed by atoms with van der Waals surface area (Å²) in [4.78, 5) is 14.1. The van der Waals surface area contributed by atoms with E-state index in [1.807, 2.05) is 51.2 Å². The van der Waals surface area contributed by atoms with Crippen LogP contribution in [0.4, 0.5) is 11.4 Å². The van der Waals surface area contributed by atoms with Crippen LogP contribution < -0.4 is 10.2 Å². The van der Waals surface area contributed by atoms with Gasteiger partial charge in [-0.1, -0.05) is 6.07 Å². The van der Waals surface area contributed by atoms with E-state index in [4.69, 9.17) is 0 Å². The molecule has 0 unspecified atom stereocenters. The van der Waals surface area contributed by atoms with E-state index in [1.54, 1.807) is 16.9 Å². The summed E-state index contributed by atoms with van der Waals surface area (Å²) >= 11 is 0. The van der Waals surface area contributed by atoms with E-state index in [2.05, 4.69) is 10.4 Å². The molecular weight excluding hydrogens is 240 g/mol. The zero-order chi connectivity index (χ0) is 14.0. The minimum absolute atomic E-state index is 0.125. The molecule has 0 spiro atoms. The maximum atomic E-state index is 12.2. The Labute approximate surface area is 112 Å². The van der Waals surface area contributed by atoms with Crippen LogP contribution >= 0.6 is 0 Å². The molecule has 0 aliphatic heterocycles. The second kappa shape index (κ2) is 5.14. The van der Waals surface area contributed by atoms with Gasteiger partial charge in [-0.05, 0) is 25.1 Å². The molecule has 0 saturated heterocycles. The summed E-state index contributed by atoms with van der Waals surface area (Å²) < 4.78 is 1.73. The van der Waals surface area contributed by atoms with Crippen molar-refractivity contribution in [3.05, 3.63) is 41.7 Å². The maximum Gasteiger partial charge on any atom is 0.255 e. The number of anilines is 2. The minimum Gasteiger partial charge on any atom is -0.378 e. The van der Waals surface area contributed by atoms with Crippen molar-refractivity contribution in [2.45, 2.75) is 6.92 Å². The van der Waals surface area contributed by atoms with Crippen LogP contribution in [0.3, 0.4) is 0 Å². The minimum atomic E-state index is -0.125. The molecule has 5 heteroatoms. The fourth-order valence-electron chi connectivity index (χ4n) is 1.74. The Morgan fingerprint density at radius 3 is 2.68 bits per heavy atom. The molecule has 19 heavy (non-hydrogen) atoms. The lowest BCUT2D eigenvalue weighted by atomic mass is 10.1. The van der Waals surface area contributed by atoms with Crippen LogP contribution in [0.5, 0.6) is 0 Å². The molecule has 2 rings (SSSR count). The molecule has 1 amide bonds. The van der Waals surface area contributed by atoms with Gasteiger partial charge in [-0.2, -0.15) is 5.10 Å². The van der Waals surface area contributed by atoms with Gasteiger partial charge in [0.2, 0.25) is 0 Å². The fraction of sp³-hybridized carbons (Fsp3) is 0.286. The van der Waals surface area contributed by atoms with Crippen LogP contribution in [-0.4, -0.2) is 29.8 Å². The molecule has 100 valence electrons. The Kier molecular flexibility index (Phi) is 3.55. The highest BCUT2D eigenvalue weighted by Gasteiger charge is 2.10. The standard InChI is InChI=1S/C14H18N4O/c1-10-13(9-15-18(10)4)16-14(19)11-6-5-7-12(8-11)17(2)3/h5-9H,1-4H3,(H,16,19). The van der Waals surface area contributed by atoms with Crippen LogP contribution in [0, 0.1) is 6.92 Å². The van der Waals surface area contributed by atoms with E-state index in [0.29, 0.717) is 5.56 Å². The third-order valence-electron chi connectivity index (χ3n) is 3.11. The topological polar surface area (TPSA) is 50.2 Å². The molecule has 1 aromatic heterocycles. The lowest BCUT2D eigenvalue weighted by Gasteiger charge is -2.13. The fourth-order valence-corrected chi connectivity index (χ4v) is 1.74. The second-order valence-corrected chi connectivity index (χ2v) is 4.67. The molecular formula is C14H18N4O. The van der Waals surface area contributed by atoms with Gasteiger partial charge in [0.05, 0.1) is 17.6 Å². The zero-order valence-corrected chi connectivity index (χ0v) is 11.6. The molecule has 5 nitrogen and oxygen atoms in total. The Bertz CT molecular complexity index is 601. The number of aryl methyl sites for hydroxylation is 1. The lowest BCUT2D eigenvalue weighted by molar-refractivity contribution is 0.102. The van der Waals surface area contributed by atoms with Crippen molar-refractivity contribution >= 4 is 17.3 Å². The highest BCUT2D eigenvalue weighted by atomic mass is 16.1. The second-order valence-electron chi connectivity index (χ2n) is 4.67. The quantitative estimate of drug-likeness (QED) is 0.916. The monoisotopic (exact) mass is 258 g/mol. The first-order valence-electron chi connectivity index (χ1n) is 6.06. The highest BCUT2D eigenvalue weighted by Crippen LogP contribution is 2.17. The number of amides is 1. The largest absolute Gasteiger partial charge is 0.378 e. The van der Waals surface area contributed by atoms with Crippen molar-refractivity contribution < 1.29 is 4.79 Å². The normalized spacial score (nSPS) is 10.3. The molecule has 1 N–H and O–H groups in total. The molecule has 2 aromatic rings. The van der Waals surface area contributed by atoms with Crippen molar-refractivity contribution in [2.24, 2.45) is 7.05 Å². The summed E-state index contributed by atoms with van der Waals surface area (Å²) in [5, 5.41) is 6.98. The van der Waals surface area contributed by atoms with Gasteiger partial charge in [-0.25, -0.2) is 0 Å². The van der Waals surface area contributed by atoms with Gasteiger partial charge >= 0.3 is 0 Å². The molecule has 0 aliphatic rings. The molecule has 0 fully saturated rings. The summed E-state index contributed by atoms with van der Waals surface area (Å²) in [7, 11) is 5.74. The Morgan fingerprint density at radius 2 is 2.11 bits per heavy atom. The smallest absolute Gasteiger partial charge is 0.255 e.